The minimum atomic E-state index is -4.17. The highest BCUT2D eigenvalue weighted by molar-refractivity contribution is 7.19. The normalized spacial score (nSPS) is 11.8. The Balaban J connectivity index is 2.80. The van der Waals surface area contributed by atoms with Crippen molar-refractivity contribution in [3.63, 3.8) is 0 Å². The van der Waals surface area contributed by atoms with Crippen molar-refractivity contribution < 1.29 is 22.7 Å². The zero-order valence-corrected chi connectivity index (χ0v) is 13.0. The van der Waals surface area contributed by atoms with Gasteiger partial charge in [0.05, 0.1) is 16.7 Å². The number of rotatable bonds is 7. The second-order valence-corrected chi connectivity index (χ2v) is 5.89. The number of hydrogen-bond donors (Lipinski definition) is 2. The van der Waals surface area contributed by atoms with Crippen LogP contribution in [0.1, 0.15) is 43.3 Å². The molecule has 1 heterocycles. The van der Waals surface area contributed by atoms with E-state index in [-0.39, 0.29) is 30.5 Å². The predicted octanol–water partition coefficient (Wildman–Crippen LogP) is 4.07. The molecule has 0 unspecified atom stereocenters. The molecule has 0 bridgehead atoms. The summed E-state index contributed by atoms with van der Waals surface area (Å²) in [5.74, 6) is 0.140. The van der Waals surface area contributed by atoms with Gasteiger partial charge in [0.2, 0.25) is 0 Å². The molecule has 21 heavy (non-hydrogen) atoms. The SMILES string of the molecule is CC(=O)c1sc(NCCCC(F)(F)F)c(OC(C)C)c1N. The lowest BCUT2D eigenvalue weighted by molar-refractivity contribution is -0.134. The van der Waals surface area contributed by atoms with Gasteiger partial charge in [-0.15, -0.1) is 11.3 Å². The van der Waals surface area contributed by atoms with Gasteiger partial charge in [-0.1, -0.05) is 0 Å². The van der Waals surface area contributed by atoms with Gasteiger partial charge in [-0.05, 0) is 20.3 Å². The molecule has 0 aromatic carbocycles. The average Bonchev–Trinajstić information content (AvgIpc) is 2.61. The van der Waals surface area contributed by atoms with E-state index in [0.717, 1.165) is 11.3 Å². The van der Waals surface area contributed by atoms with Gasteiger partial charge in [0.15, 0.2) is 11.5 Å². The number of ketones is 1. The highest BCUT2D eigenvalue weighted by Gasteiger charge is 2.26. The lowest BCUT2D eigenvalue weighted by Gasteiger charge is -2.13. The lowest BCUT2D eigenvalue weighted by Crippen LogP contribution is -2.12. The molecule has 8 heteroatoms. The minimum absolute atomic E-state index is 0.0577. The number of anilines is 2. The number of nitrogen functional groups attached to an aromatic ring is 1. The van der Waals surface area contributed by atoms with Gasteiger partial charge in [0.25, 0.3) is 0 Å². The molecule has 0 aliphatic rings. The molecule has 0 atom stereocenters. The van der Waals surface area contributed by atoms with Crippen molar-refractivity contribution in [3.8, 4) is 5.75 Å². The largest absolute Gasteiger partial charge is 0.486 e. The van der Waals surface area contributed by atoms with Crippen molar-refractivity contribution >= 4 is 27.8 Å². The third kappa shape index (κ3) is 5.45. The molecule has 0 radical (unpaired) electrons. The minimum Gasteiger partial charge on any atom is -0.486 e. The third-order valence-corrected chi connectivity index (χ3v) is 3.74. The first-order chi connectivity index (χ1) is 9.61. The van der Waals surface area contributed by atoms with E-state index in [1.807, 2.05) is 0 Å². The number of carbonyl (C=O) groups excluding carboxylic acids is 1. The molecule has 0 amide bonds. The topological polar surface area (TPSA) is 64.3 Å². The van der Waals surface area contributed by atoms with E-state index in [1.54, 1.807) is 13.8 Å². The van der Waals surface area contributed by atoms with Crippen molar-refractivity contribution in [1.29, 1.82) is 0 Å². The van der Waals surface area contributed by atoms with Gasteiger partial charge >= 0.3 is 6.18 Å². The van der Waals surface area contributed by atoms with Crippen LogP contribution in [0.2, 0.25) is 0 Å². The quantitative estimate of drug-likeness (QED) is 0.586. The van der Waals surface area contributed by atoms with Crippen LogP contribution in [0.25, 0.3) is 0 Å². The summed E-state index contributed by atoms with van der Waals surface area (Å²) in [4.78, 5) is 11.8. The van der Waals surface area contributed by atoms with Crippen molar-refractivity contribution in [1.82, 2.24) is 0 Å². The Morgan fingerprint density at radius 1 is 1.43 bits per heavy atom. The number of alkyl halides is 3. The maximum absolute atomic E-state index is 12.1. The zero-order chi connectivity index (χ0) is 16.2. The number of halogens is 3. The molecule has 4 nitrogen and oxygen atoms in total. The Bertz CT molecular complexity index is 498. The smallest absolute Gasteiger partial charge is 0.389 e. The molecule has 0 spiro atoms. The third-order valence-electron chi connectivity index (χ3n) is 2.50. The fourth-order valence-corrected chi connectivity index (χ4v) is 2.63. The first-order valence-corrected chi connectivity index (χ1v) is 7.34. The van der Waals surface area contributed by atoms with Crippen molar-refractivity contribution in [3.05, 3.63) is 4.88 Å². The predicted molar refractivity (Wildman–Crippen MR) is 78.3 cm³/mol. The van der Waals surface area contributed by atoms with E-state index in [0.29, 0.717) is 15.6 Å². The summed E-state index contributed by atoms with van der Waals surface area (Å²) >= 11 is 1.10. The van der Waals surface area contributed by atoms with E-state index in [2.05, 4.69) is 5.32 Å². The first-order valence-electron chi connectivity index (χ1n) is 6.52. The number of nitrogens with two attached hydrogens (primary N) is 1. The van der Waals surface area contributed by atoms with Gasteiger partial charge in [-0.2, -0.15) is 13.2 Å². The summed E-state index contributed by atoms with van der Waals surface area (Å²) in [6.07, 6.45) is -5.24. The molecule has 120 valence electrons. The van der Waals surface area contributed by atoms with Gasteiger partial charge in [0.1, 0.15) is 5.00 Å². The fourth-order valence-electron chi connectivity index (χ4n) is 1.65. The molecule has 0 saturated carbocycles. The molecule has 0 aliphatic heterocycles. The average molecular weight is 324 g/mol. The molecular weight excluding hydrogens is 305 g/mol. The number of hydrogen-bond acceptors (Lipinski definition) is 5. The highest BCUT2D eigenvalue weighted by atomic mass is 32.1. The second kappa shape index (κ2) is 7.02. The van der Waals surface area contributed by atoms with Crippen LogP contribution in [-0.4, -0.2) is 24.6 Å². The van der Waals surface area contributed by atoms with Gasteiger partial charge < -0.3 is 15.8 Å². The van der Waals surface area contributed by atoms with Crippen LogP contribution < -0.4 is 15.8 Å². The Morgan fingerprint density at radius 3 is 2.52 bits per heavy atom. The Kier molecular flexibility index (Phi) is 5.88. The van der Waals surface area contributed by atoms with Crippen molar-refractivity contribution in [2.24, 2.45) is 0 Å². The number of carbonyl (C=O) groups is 1. The van der Waals surface area contributed by atoms with Crippen LogP contribution in [-0.2, 0) is 0 Å². The number of thiophene rings is 1. The van der Waals surface area contributed by atoms with Crippen LogP contribution in [0, 0.1) is 0 Å². The zero-order valence-electron chi connectivity index (χ0n) is 12.1. The summed E-state index contributed by atoms with van der Waals surface area (Å²) in [5.41, 5.74) is 6.11. The molecular formula is C13H19F3N2O2S. The lowest BCUT2D eigenvalue weighted by atomic mass is 10.3. The molecule has 0 aliphatic carbocycles. The van der Waals surface area contributed by atoms with E-state index >= 15 is 0 Å². The maximum Gasteiger partial charge on any atom is 0.389 e. The number of nitrogens with one attached hydrogen (secondary N) is 1. The number of Topliss-reactive ketones (excluding diaryl/α,β-unsaturated/α-hetero) is 1. The first kappa shape index (κ1) is 17.6. The molecule has 0 fully saturated rings. The molecule has 1 rings (SSSR count). The fraction of sp³-hybridized carbons (Fsp3) is 0.615. The Labute approximate surface area is 125 Å². The van der Waals surface area contributed by atoms with Gasteiger partial charge in [-0.25, -0.2) is 0 Å². The summed E-state index contributed by atoms with van der Waals surface area (Å²) in [6.45, 7) is 5.12. The van der Waals surface area contributed by atoms with Crippen LogP contribution >= 0.6 is 11.3 Å². The Morgan fingerprint density at radius 2 is 2.05 bits per heavy atom. The van der Waals surface area contributed by atoms with E-state index in [4.69, 9.17) is 10.5 Å². The molecule has 1 aromatic heterocycles. The van der Waals surface area contributed by atoms with E-state index in [1.165, 1.54) is 6.92 Å². The highest BCUT2D eigenvalue weighted by Crippen LogP contribution is 2.43. The van der Waals surface area contributed by atoms with Gasteiger partial charge in [-0.3, -0.25) is 4.79 Å². The monoisotopic (exact) mass is 324 g/mol. The van der Waals surface area contributed by atoms with Crippen molar-refractivity contribution in [2.45, 2.75) is 45.9 Å². The molecule has 1 aromatic rings. The number of ether oxygens (including phenoxy) is 1. The van der Waals surface area contributed by atoms with E-state index in [9.17, 15) is 18.0 Å². The van der Waals surface area contributed by atoms with E-state index < -0.39 is 12.6 Å². The standard InChI is InChI=1S/C13H19F3N2O2S/c1-7(2)20-10-9(17)11(8(3)19)21-12(10)18-6-4-5-13(14,15)16/h7,18H,4-6,17H2,1-3H3. The maximum atomic E-state index is 12.1. The van der Waals surface area contributed by atoms with Crippen LogP contribution in [0.5, 0.6) is 5.75 Å². The van der Waals surface area contributed by atoms with Crippen LogP contribution in [0.15, 0.2) is 0 Å². The van der Waals surface area contributed by atoms with Gasteiger partial charge in [0, 0.05) is 19.9 Å². The van der Waals surface area contributed by atoms with Crippen LogP contribution in [0.3, 0.4) is 0 Å². The van der Waals surface area contributed by atoms with Crippen molar-refractivity contribution in [2.75, 3.05) is 17.6 Å². The summed E-state index contributed by atoms with van der Waals surface area (Å²) in [5, 5.41) is 3.36. The Hall–Kier alpha value is -1.44. The second-order valence-electron chi connectivity index (χ2n) is 4.87. The summed E-state index contributed by atoms with van der Waals surface area (Å²) in [6, 6.07) is 0. The summed E-state index contributed by atoms with van der Waals surface area (Å²) in [7, 11) is 0. The molecule has 3 N–H and O–H groups in total. The molecule has 0 saturated heterocycles. The van der Waals surface area contributed by atoms with Crippen LogP contribution in [0.4, 0.5) is 23.9 Å². The summed E-state index contributed by atoms with van der Waals surface area (Å²) < 4.78 is 41.8.